The fourth-order valence-corrected chi connectivity index (χ4v) is 3.49. The summed E-state index contributed by atoms with van der Waals surface area (Å²) in [4.78, 5) is 9.93. The Morgan fingerprint density at radius 1 is 1.17 bits per heavy atom. The predicted octanol–water partition coefficient (Wildman–Crippen LogP) is 2.93. The second-order valence-electron chi connectivity index (χ2n) is 3.79. The van der Waals surface area contributed by atoms with Gasteiger partial charge in [-0.25, -0.2) is 8.42 Å². The Morgan fingerprint density at radius 2 is 1.83 bits per heavy atom. The Hall–Kier alpha value is -0.950. The van der Waals surface area contributed by atoms with E-state index in [0.717, 1.165) is 18.2 Å². The molecule has 1 aromatic carbocycles. The second kappa shape index (κ2) is 6.84. The van der Waals surface area contributed by atoms with Gasteiger partial charge in [0, 0.05) is 11.4 Å². The zero-order chi connectivity index (χ0) is 13.6. The van der Waals surface area contributed by atoms with Gasteiger partial charge in [-0.05, 0) is 18.9 Å². The van der Waals surface area contributed by atoms with Gasteiger partial charge in [-0.2, -0.15) is 0 Å². The van der Waals surface area contributed by atoms with Gasteiger partial charge in [0.2, 0.25) is 0 Å². The fraction of sp³-hybridized carbons (Fsp3) is 0.455. The first kappa shape index (κ1) is 15.1. The molecule has 0 aliphatic carbocycles. The highest BCUT2D eigenvalue weighted by atomic mass is 79.9. The molecule has 0 saturated heterocycles. The molecule has 0 radical (unpaired) electrons. The van der Waals surface area contributed by atoms with Gasteiger partial charge in [0.05, 0.1) is 10.7 Å². The first-order chi connectivity index (χ1) is 8.49. The molecule has 0 aliphatic rings. The van der Waals surface area contributed by atoms with E-state index in [-0.39, 0.29) is 16.3 Å². The van der Waals surface area contributed by atoms with E-state index in [1.165, 1.54) is 24.3 Å². The minimum absolute atomic E-state index is 0.0507. The van der Waals surface area contributed by atoms with Crippen molar-refractivity contribution in [3.63, 3.8) is 0 Å². The number of rotatable bonds is 7. The van der Waals surface area contributed by atoms with Crippen molar-refractivity contribution in [2.45, 2.75) is 24.2 Å². The maximum Gasteiger partial charge on any atom is 0.287 e. The van der Waals surface area contributed by atoms with E-state index >= 15 is 0 Å². The standard InChI is InChI=1S/C11H14BrNO4S/c12-8-4-1-5-9-18(16,17)11-7-3-2-6-10(11)13(14)15/h2-3,6-7H,1,4-5,8-9H2. The molecule has 0 aliphatic heterocycles. The molecule has 7 heteroatoms. The number of nitro benzene ring substituents is 1. The average Bonchev–Trinajstić information content (AvgIpc) is 2.35. The first-order valence-corrected chi connectivity index (χ1v) is 8.28. The number of unbranched alkanes of at least 4 members (excludes halogenated alkanes) is 2. The number of para-hydroxylation sites is 1. The Labute approximate surface area is 114 Å². The number of hydrogen-bond donors (Lipinski definition) is 0. The number of alkyl halides is 1. The van der Waals surface area contributed by atoms with Crippen LogP contribution in [-0.4, -0.2) is 24.4 Å². The molecule has 0 atom stereocenters. The maximum absolute atomic E-state index is 12.0. The summed E-state index contributed by atoms with van der Waals surface area (Å²) in [7, 11) is -3.57. The third-order valence-corrected chi connectivity index (χ3v) is 4.85. The first-order valence-electron chi connectivity index (χ1n) is 5.51. The van der Waals surface area contributed by atoms with Gasteiger partial charge in [-0.1, -0.05) is 34.5 Å². The summed E-state index contributed by atoms with van der Waals surface area (Å²) in [6, 6.07) is 5.46. The molecule has 18 heavy (non-hydrogen) atoms. The van der Waals surface area contributed by atoms with Crippen molar-refractivity contribution in [2.75, 3.05) is 11.1 Å². The van der Waals surface area contributed by atoms with E-state index in [1.807, 2.05) is 0 Å². The SMILES string of the molecule is O=[N+]([O-])c1ccccc1S(=O)(=O)CCCCCBr. The van der Waals surface area contributed by atoms with Gasteiger partial charge in [0.25, 0.3) is 5.69 Å². The summed E-state index contributed by atoms with van der Waals surface area (Å²) in [5.74, 6) is -0.0507. The molecule has 0 saturated carbocycles. The van der Waals surface area contributed by atoms with Gasteiger partial charge < -0.3 is 0 Å². The number of halogens is 1. The summed E-state index contributed by atoms with van der Waals surface area (Å²) in [6.07, 6.45) is 2.19. The summed E-state index contributed by atoms with van der Waals surface area (Å²) < 4.78 is 24.0. The maximum atomic E-state index is 12.0. The van der Waals surface area contributed by atoms with Crippen LogP contribution in [0.4, 0.5) is 5.69 Å². The van der Waals surface area contributed by atoms with Crippen molar-refractivity contribution < 1.29 is 13.3 Å². The van der Waals surface area contributed by atoms with Crippen molar-refractivity contribution in [2.24, 2.45) is 0 Å². The molecular weight excluding hydrogens is 322 g/mol. The lowest BCUT2D eigenvalue weighted by Crippen LogP contribution is -2.09. The quantitative estimate of drug-likeness (QED) is 0.332. The van der Waals surface area contributed by atoms with Gasteiger partial charge >= 0.3 is 0 Å². The number of nitro groups is 1. The summed E-state index contributed by atoms with van der Waals surface area (Å²) in [5.41, 5.74) is -0.349. The molecule has 0 unspecified atom stereocenters. The topological polar surface area (TPSA) is 77.3 Å². The van der Waals surface area contributed by atoms with Crippen LogP contribution in [-0.2, 0) is 9.84 Å². The van der Waals surface area contributed by atoms with Crippen LogP contribution < -0.4 is 0 Å². The molecule has 1 rings (SSSR count). The predicted molar refractivity (Wildman–Crippen MR) is 72.8 cm³/mol. The minimum Gasteiger partial charge on any atom is -0.258 e. The molecule has 0 heterocycles. The molecule has 0 N–H and O–H groups in total. The zero-order valence-corrected chi connectivity index (χ0v) is 12.1. The van der Waals surface area contributed by atoms with E-state index in [4.69, 9.17) is 0 Å². The van der Waals surface area contributed by atoms with Crippen LogP contribution in [0.2, 0.25) is 0 Å². The molecule has 1 aromatic rings. The van der Waals surface area contributed by atoms with Crippen molar-refractivity contribution in [3.8, 4) is 0 Å². The van der Waals surface area contributed by atoms with Crippen LogP contribution in [0, 0.1) is 10.1 Å². The van der Waals surface area contributed by atoms with Gasteiger partial charge in [-0.3, -0.25) is 10.1 Å². The van der Waals surface area contributed by atoms with Crippen molar-refractivity contribution >= 4 is 31.5 Å². The number of nitrogens with zero attached hydrogens (tertiary/aromatic N) is 1. The van der Waals surface area contributed by atoms with Crippen LogP contribution in [0.3, 0.4) is 0 Å². The number of benzene rings is 1. The summed E-state index contributed by atoms with van der Waals surface area (Å²) in [5, 5.41) is 11.6. The zero-order valence-electron chi connectivity index (χ0n) is 9.71. The molecule has 0 aromatic heterocycles. The Bertz CT molecular complexity index is 516. The number of hydrogen-bond acceptors (Lipinski definition) is 4. The lowest BCUT2D eigenvalue weighted by Gasteiger charge is -2.04. The monoisotopic (exact) mass is 335 g/mol. The van der Waals surface area contributed by atoms with Crippen LogP contribution in [0.5, 0.6) is 0 Å². The minimum atomic E-state index is -3.57. The smallest absolute Gasteiger partial charge is 0.258 e. The number of sulfone groups is 1. The van der Waals surface area contributed by atoms with Crippen LogP contribution in [0.1, 0.15) is 19.3 Å². The van der Waals surface area contributed by atoms with Gasteiger partial charge in [-0.15, -0.1) is 0 Å². The molecule has 0 spiro atoms. The van der Waals surface area contributed by atoms with E-state index in [1.54, 1.807) is 0 Å². The van der Waals surface area contributed by atoms with Gasteiger partial charge in [0.15, 0.2) is 9.84 Å². The largest absolute Gasteiger partial charge is 0.287 e. The Kier molecular flexibility index (Phi) is 5.74. The summed E-state index contributed by atoms with van der Waals surface area (Å²) in [6.45, 7) is 0. The van der Waals surface area contributed by atoms with Gasteiger partial charge in [0.1, 0.15) is 4.90 Å². The van der Waals surface area contributed by atoms with E-state index in [9.17, 15) is 18.5 Å². The lowest BCUT2D eigenvalue weighted by molar-refractivity contribution is -0.387. The lowest BCUT2D eigenvalue weighted by atomic mass is 10.3. The fourth-order valence-electron chi connectivity index (χ4n) is 1.54. The molecule has 0 amide bonds. The molecule has 0 bridgehead atoms. The molecule has 100 valence electrons. The van der Waals surface area contributed by atoms with Crippen LogP contribution >= 0.6 is 15.9 Å². The molecular formula is C11H14BrNO4S. The van der Waals surface area contributed by atoms with Crippen LogP contribution in [0.15, 0.2) is 29.2 Å². The Balaban J connectivity index is 2.88. The van der Waals surface area contributed by atoms with E-state index < -0.39 is 14.8 Å². The highest BCUT2D eigenvalue weighted by molar-refractivity contribution is 9.09. The third kappa shape index (κ3) is 4.06. The van der Waals surface area contributed by atoms with E-state index in [0.29, 0.717) is 6.42 Å². The normalized spacial score (nSPS) is 11.4. The molecule has 5 nitrogen and oxygen atoms in total. The Morgan fingerprint density at radius 3 is 2.44 bits per heavy atom. The molecule has 0 fully saturated rings. The van der Waals surface area contributed by atoms with Crippen molar-refractivity contribution in [1.29, 1.82) is 0 Å². The average molecular weight is 336 g/mol. The van der Waals surface area contributed by atoms with Crippen LogP contribution in [0.25, 0.3) is 0 Å². The third-order valence-electron chi connectivity index (χ3n) is 2.44. The van der Waals surface area contributed by atoms with E-state index in [2.05, 4.69) is 15.9 Å². The van der Waals surface area contributed by atoms with Crippen molar-refractivity contribution in [3.05, 3.63) is 34.4 Å². The highest BCUT2D eigenvalue weighted by Crippen LogP contribution is 2.24. The second-order valence-corrected chi connectivity index (χ2v) is 6.66. The summed E-state index contributed by atoms with van der Waals surface area (Å²) >= 11 is 3.27. The van der Waals surface area contributed by atoms with Crippen molar-refractivity contribution in [1.82, 2.24) is 0 Å². The highest BCUT2D eigenvalue weighted by Gasteiger charge is 2.24.